The van der Waals surface area contributed by atoms with E-state index in [2.05, 4.69) is 20.3 Å². The van der Waals surface area contributed by atoms with Gasteiger partial charge in [0, 0.05) is 31.0 Å². The summed E-state index contributed by atoms with van der Waals surface area (Å²) in [5.41, 5.74) is 10.4. The highest BCUT2D eigenvalue weighted by atomic mass is 19.1. The van der Waals surface area contributed by atoms with Crippen LogP contribution in [0.15, 0.2) is 42.7 Å². The summed E-state index contributed by atoms with van der Waals surface area (Å²) < 4.78 is 13.4. The molecule has 0 radical (unpaired) electrons. The van der Waals surface area contributed by atoms with Crippen molar-refractivity contribution in [3.63, 3.8) is 0 Å². The molecule has 1 aromatic carbocycles. The minimum Gasteiger partial charge on any atom is -0.396 e. The van der Waals surface area contributed by atoms with Crippen LogP contribution in [0.3, 0.4) is 0 Å². The van der Waals surface area contributed by atoms with E-state index < -0.39 is 0 Å². The Balaban J connectivity index is 1.40. The van der Waals surface area contributed by atoms with Gasteiger partial charge in [0.1, 0.15) is 5.82 Å². The third kappa shape index (κ3) is 4.22. The minimum absolute atomic E-state index is 0.242. The predicted octanol–water partition coefficient (Wildman–Crippen LogP) is 3.58. The first-order chi connectivity index (χ1) is 14.4. The third-order valence-electron chi connectivity index (χ3n) is 5.16. The van der Waals surface area contributed by atoms with Crippen molar-refractivity contribution >= 4 is 17.5 Å². The first-order valence-electron chi connectivity index (χ1n) is 9.75. The Morgan fingerprint density at radius 2 is 2.00 bits per heavy atom. The molecule has 1 aliphatic rings. The second-order valence-corrected chi connectivity index (χ2v) is 7.65. The number of aryl methyl sites for hydroxylation is 2. The summed E-state index contributed by atoms with van der Waals surface area (Å²) >= 11 is 0. The average molecular weight is 406 g/mol. The number of nitrogen functional groups attached to an aromatic ring is 1. The molecule has 0 saturated carbocycles. The molecule has 3 heterocycles. The van der Waals surface area contributed by atoms with Gasteiger partial charge in [-0.25, -0.2) is 14.2 Å². The first kappa shape index (κ1) is 19.8. The number of likely N-dealkylation sites (tertiary alicyclic amines) is 1. The van der Waals surface area contributed by atoms with E-state index in [0.717, 1.165) is 28.9 Å². The highest BCUT2D eigenvalue weighted by Gasteiger charge is 2.31. The molecule has 1 aliphatic heterocycles. The molecule has 1 fully saturated rings. The number of nitrogens with two attached hydrogens (primary N) is 1. The molecule has 3 aromatic rings. The number of pyridine rings is 1. The number of rotatable bonds is 4. The second kappa shape index (κ2) is 8.06. The lowest BCUT2D eigenvalue weighted by atomic mass is 9.95. The number of halogens is 1. The number of anilines is 2. The zero-order chi connectivity index (χ0) is 21.3. The zero-order valence-electron chi connectivity index (χ0n) is 16.9. The number of nitrogens with zero attached hydrogens (tertiary/aromatic N) is 4. The third-order valence-corrected chi connectivity index (χ3v) is 5.16. The molecule has 4 rings (SSSR count). The van der Waals surface area contributed by atoms with Gasteiger partial charge in [-0.3, -0.25) is 15.3 Å². The van der Waals surface area contributed by atoms with Crippen LogP contribution >= 0.6 is 0 Å². The Morgan fingerprint density at radius 1 is 1.20 bits per heavy atom. The Bertz CT molecular complexity index is 1100. The van der Waals surface area contributed by atoms with Crippen LogP contribution < -0.4 is 11.1 Å². The average Bonchev–Trinajstić information content (AvgIpc) is 2.66. The second-order valence-electron chi connectivity index (χ2n) is 7.65. The van der Waals surface area contributed by atoms with Crippen LogP contribution in [0.1, 0.15) is 17.0 Å². The van der Waals surface area contributed by atoms with Crippen molar-refractivity contribution < 1.29 is 9.18 Å². The van der Waals surface area contributed by atoms with Gasteiger partial charge in [-0.1, -0.05) is 0 Å². The topological polar surface area (TPSA) is 97.0 Å². The highest BCUT2D eigenvalue weighted by molar-refractivity contribution is 5.92. The number of hydrogen-bond acceptors (Lipinski definition) is 5. The molecule has 2 aromatic heterocycles. The predicted molar refractivity (Wildman–Crippen MR) is 113 cm³/mol. The zero-order valence-corrected chi connectivity index (χ0v) is 16.9. The lowest BCUT2D eigenvalue weighted by Gasteiger charge is -2.39. The number of nitrogens with one attached hydrogen (secondary N) is 1. The fraction of sp³-hybridized carbons (Fsp3) is 0.273. The Hall–Kier alpha value is -3.55. The summed E-state index contributed by atoms with van der Waals surface area (Å²) in [4.78, 5) is 27.4. The molecule has 3 N–H and O–H groups in total. The first-order valence-corrected chi connectivity index (χ1v) is 9.75. The summed E-state index contributed by atoms with van der Waals surface area (Å²) in [6, 6.07) is 7.71. The molecule has 1 saturated heterocycles. The fourth-order valence-electron chi connectivity index (χ4n) is 3.59. The van der Waals surface area contributed by atoms with Gasteiger partial charge in [0.2, 0.25) is 0 Å². The number of benzene rings is 1. The summed E-state index contributed by atoms with van der Waals surface area (Å²) in [7, 11) is 0. The van der Waals surface area contributed by atoms with Crippen molar-refractivity contribution in [2.45, 2.75) is 20.3 Å². The molecule has 0 aliphatic carbocycles. The van der Waals surface area contributed by atoms with Crippen molar-refractivity contribution in [2.24, 2.45) is 5.92 Å². The van der Waals surface area contributed by atoms with Crippen LogP contribution in [0.5, 0.6) is 0 Å². The number of amides is 2. The SMILES string of the molecule is Cc1cncc(CC2CN(C(=O)Nc3nc(-c4ccc(F)cc4C)ccc3N)C2)n1. The molecule has 0 spiro atoms. The summed E-state index contributed by atoms with van der Waals surface area (Å²) in [5, 5.41) is 2.80. The fourth-order valence-corrected chi connectivity index (χ4v) is 3.59. The van der Waals surface area contributed by atoms with Crippen molar-refractivity contribution in [1.29, 1.82) is 0 Å². The molecular weight excluding hydrogens is 383 g/mol. The lowest BCUT2D eigenvalue weighted by molar-refractivity contribution is 0.130. The number of carbonyl (C=O) groups excluding carboxylic acids is 1. The number of carbonyl (C=O) groups is 1. The Labute approximate surface area is 174 Å². The Kier molecular flexibility index (Phi) is 5.31. The maximum Gasteiger partial charge on any atom is 0.323 e. The lowest BCUT2D eigenvalue weighted by Crippen LogP contribution is -2.52. The van der Waals surface area contributed by atoms with Gasteiger partial charge in [-0.05, 0) is 62.1 Å². The van der Waals surface area contributed by atoms with Crippen molar-refractivity contribution in [3.05, 3.63) is 65.5 Å². The molecule has 0 unspecified atom stereocenters. The molecule has 7 nitrogen and oxygen atoms in total. The molecule has 0 bridgehead atoms. The Morgan fingerprint density at radius 3 is 2.73 bits per heavy atom. The largest absolute Gasteiger partial charge is 0.396 e. The summed E-state index contributed by atoms with van der Waals surface area (Å²) in [6.45, 7) is 5.00. The van der Waals surface area contributed by atoms with E-state index in [9.17, 15) is 9.18 Å². The van der Waals surface area contributed by atoms with E-state index in [4.69, 9.17) is 5.73 Å². The van der Waals surface area contributed by atoms with Gasteiger partial charge in [-0.2, -0.15) is 0 Å². The van der Waals surface area contributed by atoms with Gasteiger partial charge < -0.3 is 10.6 Å². The van der Waals surface area contributed by atoms with E-state index in [0.29, 0.717) is 36.2 Å². The van der Waals surface area contributed by atoms with Gasteiger partial charge in [-0.15, -0.1) is 0 Å². The van der Waals surface area contributed by atoms with Crippen LogP contribution in [0.25, 0.3) is 11.3 Å². The van der Waals surface area contributed by atoms with E-state index in [1.54, 1.807) is 35.5 Å². The quantitative estimate of drug-likeness (QED) is 0.690. The van der Waals surface area contributed by atoms with E-state index >= 15 is 0 Å². The molecule has 0 atom stereocenters. The van der Waals surface area contributed by atoms with Gasteiger partial charge in [0.15, 0.2) is 5.82 Å². The van der Waals surface area contributed by atoms with Crippen LogP contribution in [0.2, 0.25) is 0 Å². The van der Waals surface area contributed by atoms with E-state index in [1.807, 2.05) is 13.8 Å². The van der Waals surface area contributed by atoms with Crippen LogP contribution in [-0.4, -0.2) is 39.0 Å². The molecule has 154 valence electrons. The maximum atomic E-state index is 13.4. The molecule has 8 heteroatoms. The summed E-state index contributed by atoms with van der Waals surface area (Å²) in [6.07, 6.45) is 4.28. The molecule has 30 heavy (non-hydrogen) atoms. The molecule has 2 amide bonds. The minimum atomic E-state index is -0.302. The van der Waals surface area contributed by atoms with Gasteiger partial charge >= 0.3 is 6.03 Å². The van der Waals surface area contributed by atoms with Crippen LogP contribution in [-0.2, 0) is 6.42 Å². The van der Waals surface area contributed by atoms with E-state index in [-0.39, 0.29) is 11.8 Å². The number of hydrogen-bond donors (Lipinski definition) is 2. The van der Waals surface area contributed by atoms with Crippen molar-refractivity contribution in [2.75, 3.05) is 24.1 Å². The van der Waals surface area contributed by atoms with E-state index in [1.165, 1.54) is 12.1 Å². The van der Waals surface area contributed by atoms with Crippen molar-refractivity contribution in [1.82, 2.24) is 19.9 Å². The van der Waals surface area contributed by atoms with Crippen LogP contribution in [0, 0.1) is 25.6 Å². The van der Waals surface area contributed by atoms with Crippen molar-refractivity contribution in [3.8, 4) is 11.3 Å². The highest BCUT2D eigenvalue weighted by Crippen LogP contribution is 2.27. The number of aromatic nitrogens is 3. The van der Waals surface area contributed by atoms with Gasteiger partial charge in [0.05, 0.1) is 22.8 Å². The summed E-state index contributed by atoms with van der Waals surface area (Å²) in [5.74, 6) is 0.351. The van der Waals surface area contributed by atoms with Gasteiger partial charge in [0.25, 0.3) is 0 Å². The monoisotopic (exact) mass is 406 g/mol. The molecular formula is C22H23FN6O. The van der Waals surface area contributed by atoms with Crippen LogP contribution in [0.4, 0.5) is 20.7 Å². The number of urea groups is 1. The normalized spacial score (nSPS) is 13.8. The standard InChI is InChI=1S/C22H23FN6O/c1-13-7-16(23)3-4-18(13)20-6-5-19(24)21(27-20)28-22(30)29-11-15(12-29)8-17-10-25-9-14(2)26-17/h3-7,9-10,15H,8,11-12,24H2,1-2H3,(H,27,28,30). The maximum absolute atomic E-state index is 13.4. The smallest absolute Gasteiger partial charge is 0.323 e.